The Morgan fingerprint density at radius 1 is 1.50 bits per heavy atom. The molecule has 0 atom stereocenters. The first-order chi connectivity index (χ1) is 9.67. The van der Waals surface area contributed by atoms with Gasteiger partial charge in [0.25, 0.3) is 0 Å². The summed E-state index contributed by atoms with van der Waals surface area (Å²) >= 11 is 0. The molecule has 0 aliphatic carbocycles. The maximum absolute atomic E-state index is 11.4. The molecule has 0 fully saturated rings. The number of furan rings is 1. The number of nitrogens with one attached hydrogen (secondary N) is 2. The highest BCUT2D eigenvalue weighted by atomic mass is 16.3. The van der Waals surface area contributed by atoms with Crippen LogP contribution < -0.4 is 10.6 Å². The number of aryl methyl sites for hydroxylation is 1. The van der Waals surface area contributed by atoms with Crippen LogP contribution in [0.4, 0.5) is 5.69 Å². The Balaban J connectivity index is 1.81. The van der Waals surface area contributed by atoms with Gasteiger partial charge in [0.05, 0.1) is 25.0 Å². The minimum atomic E-state index is -0.185. The topological polar surface area (TPSA) is 92.3 Å². The molecule has 2 aromatic heterocycles. The Bertz CT molecular complexity index is 561. The number of aliphatic hydroxyl groups is 1. The average molecular weight is 278 g/mol. The van der Waals surface area contributed by atoms with Gasteiger partial charge < -0.3 is 20.2 Å². The van der Waals surface area contributed by atoms with E-state index in [2.05, 4.69) is 15.7 Å². The van der Waals surface area contributed by atoms with Crippen LogP contribution in [0.15, 0.2) is 28.9 Å². The first kappa shape index (κ1) is 14.1. The molecule has 2 rings (SSSR count). The molecule has 20 heavy (non-hydrogen) atoms. The van der Waals surface area contributed by atoms with Crippen molar-refractivity contribution in [1.82, 2.24) is 15.1 Å². The second-order valence-corrected chi connectivity index (χ2v) is 4.37. The number of aliphatic hydroxyl groups excluding tert-OH is 1. The van der Waals surface area contributed by atoms with Crippen molar-refractivity contribution in [3.63, 3.8) is 0 Å². The molecule has 0 aliphatic rings. The van der Waals surface area contributed by atoms with Gasteiger partial charge in [-0.1, -0.05) is 0 Å². The van der Waals surface area contributed by atoms with E-state index in [1.807, 2.05) is 19.1 Å². The number of hydrogen-bond acceptors (Lipinski definition) is 5. The molecule has 0 spiro atoms. The maximum Gasteiger partial charge on any atom is 0.241 e. The molecule has 0 saturated heterocycles. The van der Waals surface area contributed by atoms with Crippen molar-refractivity contribution < 1.29 is 14.3 Å². The molecule has 7 nitrogen and oxygen atoms in total. The predicted molar refractivity (Wildman–Crippen MR) is 73.1 cm³/mol. The van der Waals surface area contributed by atoms with Crippen LogP contribution >= 0.6 is 0 Å². The number of carbonyl (C=O) groups is 1. The molecule has 3 N–H and O–H groups in total. The van der Waals surface area contributed by atoms with E-state index in [-0.39, 0.29) is 25.6 Å². The molecule has 1 amide bonds. The number of carbonyl (C=O) groups excluding carboxylic acids is 1. The molecule has 0 aliphatic heterocycles. The van der Waals surface area contributed by atoms with Crippen molar-refractivity contribution in [2.75, 3.05) is 18.5 Å². The second kappa shape index (κ2) is 6.76. The van der Waals surface area contributed by atoms with E-state index in [0.717, 1.165) is 17.2 Å². The van der Waals surface area contributed by atoms with E-state index in [4.69, 9.17) is 9.52 Å². The number of hydrogen-bond donors (Lipinski definition) is 3. The predicted octanol–water partition coefficient (Wildman–Crippen LogP) is 0.505. The summed E-state index contributed by atoms with van der Waals surface area (Å²) in [6, 6.07) is 3.82. The second-order valence-electron chi connectivity index (χ2n) is 4.37. The van der Waals surface area contributed by atoms with Gasteiger partial charge in [0.1, 0.15) is 18.1 Å². The highest BCUT2D eigenvalue weighted by Crippen LogP contribution is 2.10. The van der Waals surface area contributed by atoms with Gasteiger partial charge in [-0.2, -0.15) is 5.10 Å². The Labute approximate surface area is 116 Å². The van der Waals surface area contributed by atoms with Gasteiger partial charge in [-0.25, -0.2) is 0 Å². The SMILES string of the molecule is Cc1ccc(CNc2cnn(CC(=O)NCCO)c2)o1. The summed E-state index contributed by atoms with van der Waals surface area (Å²) in [7, 11) is 0. The first-order valence-electron chi connectivity index (χ1n) is 6.36. The zero-order valence-electron chi connectivity index (χ0n) is 11.3. The molecule has 0 saturated carbocycles. The number of rotatable bonds is 7. The molecule has 7 heteroatoms. The van der Waals surface area contributed by atoms with E-state index < -0.39 is 0 Å². The lowest BCUT2D eigenvalue weighted by molar-refractivity contribution is -0.122. The van der Waals surface area contributed by atoms with Crippen LogP contribution in [-0.2, 0) is 17.9 Å². The molecular formula is C13H18N4O3. The molecule has 0 radical (unpaired) electrons. The summed E-state index contributed by atoms with van der Waals surface area (Å²) in [4.78, 5) is 11.4. The Hall–Kier alpha value is -2.28. The van der Waals surface area contributed by atoms with E-state index in [0.29, 0.717) is 6.54 Å². The van der Waals surface area contributed by atoms with Crippen LogP contribution in [0.2, 0.25) is 0 Å². The fourth-order valence-electron chi connectivity index (χ4n) is 1.71. The van der Waals surface area contributed by atoms with Crippen LogP contribution in [-0.4, -0.2) is 33.9 Å². The van der Waals surface area contributed by atoms with Crippen molar-refractivity contribution >= 4 is 11.6 Å². The summed E-state index contributed by atoms with van der Waals surface area (Å²) < 4.78 is 6.97. The summed E-state index contributed by atoms with van der Waals surface area (Å²) in [5.41, 5.74) is 0.814. The summed E-state index contributed by atoms with van der Waals surface area (Å²) in [6.45, 7) is 2.77. The fraction of sp³-hybridized carbons (Fsp3) is 0.385. The third-order valence-corrected chi connectivity index (χ3v) is 2.64. The third kappa shape index (κ3) is 4.13. The quantitative estimate of drug-likeness (QED) is 0.686. The molecular weight excluding hydrogens is 260 g/mol. The number of amides is 1. The van der Waals surface area contributed by atoms with Crippen LogP contribution in [0, 0.1) is 6.92 Å². The highest BCUT2D eigenvalue weighted by Gasteiger charge is 2.05. The van der Waals surface area contributed by atoms with Crippen LogP contribution in [0.5, 0.6) is 0 Å². The minimum Gasteiger partial charge on any atom is -0.465 e. The van der Waals surface area contributed by atoms with E-state index in [1.165, 1.54) is 4.68 Å². The number of anilines is 1. The average Bonchev–Trinajstić information content (AvgIpc) is 3.03. The Kier molecular flexibility index (Phi) is 4.78. The molecule has 2 heterocycles. The van der Waals surface area contributed by atoms with Crippen molar-refractivity contribution in [1.29, 1.82) is 0 Å². The fourth-order valence-corrected chi connectivity index (χ4v) is 1.71. The lowest BCUT2D eigenvalue weighted by atomic mass is 10.4. The van der Waals surface area contributed by atoms with Gasteiger partial charge in [-0.15, -0.1) is 0 Å². The lowest BCUT2D eigenvalue weighted by Gasteiger charge is -2.03. The third-order valence-electron chi connectivity index (χ3n) is 2.64. The highest BCUT2D eigenvalue weighted by molar-refractivity contribution is 5.75. The number of nitrogens with zero attached hydrogens (tertiary/aromatic N) is 2. The van der Waals surface area contributed by atoms with E-state index in [1.54, 1.807) is 12.4 Å². The van der Waals surface area contributed by atoms with Crippen molar-refractivity contribution in [2.24, 2.45) is 0 Å². The summed E-state index contributed by atoms with van der Waals surface area (Å²) in [5.74, 6) is 1.53. The van der Waals surface area contributed by atoms with Gasteiger partial charge in [0.15, 0.2) is 0 Å². The molecule has 2 aromatic rings. The zero-order valence-corrected chi connectivity index (χ0v) is 11.3. The lowest BCUT2D eigenvalue weighted by Crippen LogP contribution is -2.30. The van der Waals surface area contributed by atoms with Crippen LogP contribution in [0.25, 0.3) is 0 Å². The Morgan fingerprint density at radius 3 is 3.05 bits per heavy atom. The van der Waals surface area contributed by atoms with Gasteiger partial charge in [0.2, 0.25) is 5.91 Å². The standard InChI is InChI=1S/C13H18N4O3/c1-10-2-3-12(20-10)7-15-11-6-16-17(8-11)9-13(19)14-4-5-18/h2-3,6,8,15,18H,4-5,7,9H2,1H3,(H,14,19). The van der Waals surface area contributed by atoms with Crippen molar-refractivity contribution in [3.05, 3.63) is 36.0 Å². The smallest absolute Gasteiger partial charge is 0.241 e. The minimum absolute atomic E-state index is 0.0692. The Morgan fingerprint density at radius 2 is 2.35 bits per heavy atom. The summed E-state index contributed by atoms with van der Waals surface area (Å²) in [6.07, 6.45) is 3.39. The van der Waals surface area contributed by atoms with Gasteiger partial charge in [0, 0.05) is 12.7 Å². The van der Waals surface area contributed by atoms with Crippen molar-refractivity contribution in [2.45, 2.75) is 20.0 Å². The monoisotopic (exact) mass is 278 g/mol. The zero-order chi connectivity index (χ0) is 14.4. The van der Waals surface area contributed by atoms with Gasteiger partial charge in [-0.3, -0.25) is 9.48 Å². The first-order valence-corrected chi connectivity index (χ1v) is 6.36. The van der Waals surface area contributed by atoms with Crippen molar-refractivity contribution in [3.8, 4) is 0 Å². The number of aromatic nitrogens is 2. The van der Waals surface area contributed by atoms with Gasteiger partial charge >= 0.3 is 0 Å². The maximum atomic E-state index is 11.4. The van der Waals surface area contributed by atoms with Gasteiger partial charge in [-0.05, 0) is 19.1 Å². The summed E-state index contributed by atoms with van der Waals surface area (Å²) in [5, 5.41) is 18.4. The van der Waals surface area contributed by atoms with Crippen LogP contribution in [0.1, 0.15) is 11.5 Å². The van der Waals surface area contributed by atoms with E-state index >= 15 is 0 Å². The molecule has 0 unspecified atom stereocenters. The van der Waals surface area contributed by atoms with E-state index in [9.17, 15) is 4.79 Å². The molecule has 0 aromatic carbocycles. The van der Waals surface area contributed by atoms with Crippen LogP contribution in [0.3, 0.4) is 0 Å². The normalized spacial score (nSPS) is 10.5. The molecule has 0 bridgehead atoms. The largest absolute Gasteiger partial charge is 0.465 e. The molecule has 108 valence electrons.